The van der Waals surface area contributed by atoms with Crippen LogP contribution in [-0.2, 0) is 6.54 Å². The number of nitrogens with one attached hydrogen (secondary N) is 1. The van der Waals surface area contributed by atoms with Crippen molar-refractivity contribution >= 4 is 5.91 Å². The van der Waals surface area contributed by atoms with Gasteiger partial charge in [-0.3, -0.25) is 4.79 Å². The summed E-state index contributed by atoms with van der Waals surface area (Å²) in [6.45, 7) is 5.13. The van der Waals surface area contributed by atoms with E-state index in [9.17, 15) is 4.79 Å². The maximum absolute atomic E-state index is 12.4. The van der Waals surface area contributed by atoms with E-state index in [4.69, 9.17) is 4.52 Å². The Morgan fingerprint density at radius 3 is 2.81 bits per heavy atom. The van der Waals surface area contributed by atoms with E-state index in [1.54, 1.807) is 6.07 Å². The van der Waals surface area contributed by atoms with Gasteiger partial charge in [-0.15, -0.1) is 5.10 Å². The Labute approximate surface area is 157 Å². The average molecular weight is 365 g/mol. The van der Waals surface area contributed by atoms with Gasteiger partial charge < -0.3 is 9.84 Å². The summed E-state index contributed by atoms with van der Waals surface area (Å²) >= 11 is 0. The van der Waals surface area contributed by atoms with Crippen LogP contribution in [0.15, 0.2) is 47.1 Å². The number of hydrogen-bond acceptors (Lipinski definition) is 5. The molecule has 0 bridgehead atoms. The lowest BCUT2D eigenvalue weighted by Gasteiger charge is -2.35. The van der Waals surface area contributed by atoms with Crippen molar-refractivity contribution in [3.05, 3.63) is 54.0 Å². The second kappa shape index (κ2) is 7.34. The van der Waals surface area contributed by atoms with Crippen LogP contribution >= 0.6 is 0 Å². The Balaban J connectivity index is 1.29. The van der Waals surface area contributed by atoms with Crippen LogP contribution in [0, 0.1) is 5.92 Å². The second-order valence-electron chi connectivity index (χ2n) is 7.45. The van der Waals surface area contributed by atoms with Gasteiger partial charge in [0.15, 0.2) is 0 Å². The van der Waals surface area contributed by atoms with Gasteiger partial charge in [0.1, 0.15) is 5.69 Å². The van der Waals surface area contributed by atoms with Gasteiger partial charge in [-0.2, -0.15) is 0 Å². The van der Waals surface area contributed by atoms with Gasteiger partial charge >= 0.3 is 0 Å². The summed E-state index contributed by atoms with van der Waals surface area (Å²) < 4.78 is 7.20. The molecule has 0 radical (unpaired) electrons. The molecule has 1 saturated carbocycles. The van der Waals surface area contributed by atoms with Crippen LogP contribution in [-0.4, -0.2) is 32.1 Å². The Hall–Kier alpha value is -2.96. The van der Waals surface area contributed by atoms with Crippen molar-refractivity contribution in [2.24, 2.45) is 5.92 Å². The van der Waals surface area contributed by atoms with E-state index in [0.29, 0.717) is 17.5 Å². The van der Waals surface area contributed by atoms with E-state index >= 15 is 0 Å². The minimum atomic E-state index is -0.211. The highest BCUT2D eigenvalue weighted by atomic mass is 16.5. The van der Waals surface area contributed by atoms with E-state index in [0.717, 1.165) is 30.6 Å². The van der Waals surface area contributed by atoms with Crippen molar-refractivity contribution in [2.75, 3.05) is 0 Å². The number of carbonyl (C=O) groups is 1. The van der Waals surface area contributed by atoms with Gasteiger partial charge in [0.25, 0.3) is 5.91 Å². The van der Waals surface area contributed by atoms with Crippen LogP contribution < -0.4 is 5.32 Å². The zero-order valence-electron chi connectivity index (χ0n) is 15.5. The molecule has 3 aromatic rings. The fourth-order valence-corrected chi connectivity index (χ4v) is 3.49. The average Bonchev–Trinajstić information content (AvgIpc) is 3.30. The molecule has 0 saturated heterocycles. The lowest BCUT2D eigenvalue weighted by molar-refractivity contribution is 0.0841. The first-order valence-corrected chi connectivity index (χ1v) is 9.31. The maximum atomic E-state index is 12.4. The maximum Gasteiger partial charge on any atom is 0.290 e. The molecule has 0 unspecified atom stereocenters. The molecule has 0 aliphatic heterocycles. The molecule has 1 fully saturated rings. The third-order valence-electron chi connectivity index (χ3n) is 5.04. The van der Waals surface area contributed by atoms with Gasteiger partial charge in [-0.1, -0.05) is 54.5 Å². The van der Waals surface area contributed by atoms with Crippen LogP contribution in [0.2, 0.25) is 0 Å². The van der Waals surface area contributed by atoms with E-state index in [1.807, 2.05) is 41.2 Å². The van der Waals surface area contributed by atoms with Gasteiger partial charge in [0.2, 0.25) is 5.76 Å². The number of aromatic nitrogens is 4. The standard InChI is InChI=1S/C20H23N5O2/c1-13(2)18-11-21-24-25(18)12-14-8-16(9-14)22-20(26)19-10-17(23-27-19)15-6-4-3-5-7-15/h3-7,10-11,13-14,16H,8-9,12H2,1-2H3,(H,22,26)/t14-,16+. The quantitative estimate of drug-likeness (QED) is 0.724. The van der Waals surface area contributed by atoms with E-state index < -0.39 is 0 Å². The highest BCUT2D eigenvalue weighted by molar-refractivity contribution is 5.92. The van der Waals surface area contributed by atoms with E-state index in [2.05, 4.69) is 34.6 Å². The zero-order chi connectivity index (χ0) is 18.8. The molecule has 1 aliphatic carbocycles. The first-order valence-electron chi connectivity index (χ1n) is 9.31. The van der Waals surface area contributed by atoms with Crippen molar-refractivity contribution in [1.82, 2.24) is 25.5 Å². The first-order chi connectivity index (χ1) is 13.1. The van der Waals surface area contributed by atoms with Crippen molar-refractivity contribution in [1.29, 1.82) is 0 Å². The molecule has 1 N–H and O–H groups in total. The Kier molecular flexibility index (Phi) is 4.75. The molecule has 1 amide bonds. The summed E-state index contributed by atoms with van der Waals surface area (Å²) in [6, 6.07) is 11.5. The van der Waals surface area contributed by atoms with Gasteiger partial charge in [-0.25, -0.2) is 4.68 Å². The van der Waals surface area contributed by atoms with E-state index in [1.165, 1.54) is 0 Å². The third kappa shape index (κ3) is 3.77. The van der Waals surface area contributed by atoms with E-state index in [-0.39, 0.29) is 17.7 Å². The predicted molar refractivity (Wildman–Crippen MR) is 100 cm³/mol. The molecule has 27 heavy (non-hydrogen) atoms. The molecule has 140 valence electrons. The van der Waals surface area contributed by atoms with Gasteiger partial charge in [0, 0.05) is 24.2 Å². The van der Waals surface area contributed by atoms with Crippen LogP contribution in [0.4, 0.5) is 0 Å². The highest BCUT2D eigenvalue weighted by Crippen LogP contribution is 2.30. The molecular formula is C20H23N5O2. The minimum absolute atomic E-state index is 0.166. The van der Waals surface area contributed by atoms with Crippen LogP contribution in [0.25, 0.3) is 11.3 Å². The third-order valence-corrected chi connectivity index (χ3v) is 5.04. The van der Waals surface area contributed by atoms with Crippen molar-refractivity contribution in [2.45, 2.75) is 45.2 Å². The fourth-order valence-electron chi connectivity index (χ4n) is 3.49. The van der Waals surface area contributed by atoms with Crippen molar-refractivity contribution in [3.63, 3.8) is 0 Å². The number of carbonyl (C=O) groups excluding carboxylic acids is 1. The molecule has 2 heterocycles. The topological polar surface area (TPSA) is 85.8 Å². The second-order valence-corrected chi connectivity index (χ2v) is 7.45. The summed E-state index contributed by atoms with van der Waals surface area (Å²) in [4.78, 5) is 12.4. The molecule has 0 atom stereocenters. The largest absolute Gasteiger partial charge is 0.350 e. The summed E-state index contributed by atoms with van der Waals surface area (Å²) in [5.41, 5.74) is 2.75. The van der Waals surface area contributed by atoms with Crippen molar-refractivity contribution < 1.29 is 9.32 Å². The van der Waals surface area contributed by atoms with Gasteiger partial charge in [-0.05, 0) is 24.7 Å². The highest BCUT2D eigenvalue weighted by Gasteiger charge is 2.32. The summed E-state index contributed by atoms with van der Waals surface area (Å²) in [7, 11) is 0. The zero-order valence-corrected chi connectivity index (χ0v) is 15.5. The molecule has 1 aromatic carbocycles. The summed E-state index contributed by atoms with van der Waals surface area (Å²) in [5, 5.41) is 15.2. The SMILES string of the molecule is CC(C)c1cnnn1C[C@H]1C[C@@H](NC(=O)c2cc(-c3ccccc3)no2)C1. The van der Waals surface area contributed by atoms with Crippen molar-refractivity contribution in [3.8, 4) is 11.3 Å². The number of nitrogens with zero attached hydrogens (tertiary/aromatic N) is 4. The molecule has 1 aliphatic rings. The molecular weight excluding hydrogens is 342 g/mol. The number of benzene rings is 1. The Morgan fingerprint density at radius 1 is 1.30 bits per heavy atom. The molecule has 2 aromatic heterocycles. The lowest BCUT2D eigenvalue weighted by Crippen LogP contribution is -2.45. The van der Waals surface area contributed by atoms with Crippen LogP contribution in [0.3, 0.4) is 0 Å². The van der Waals surface area contributed by atoms with Crippen LogP contribution in [0.5, 0.6) is 0 Å². The van der Waals surface area contributed by atoms with Crippen LogP contribution in [0.1, 0.15) is 48.9 Å². The minimum Gasteiger partial charge on any atom is -0.350 e. The fraction of sp³-hybridized carbons (Fsp3) is 0.400. The normalized spacial score (nSPS) is 19.1. The lowest BCUT2D eigenvalue weighted by atomic mass is 9.80. The number of rotatable bonds is 6. The number of amides is 1. The number of hydrogen-bond donors (Lipinski definition) is 1. The summed E-state index contributed by atoms with van der Waals surface area (Å²) in [6.07, 6.45) is 3.70. The smallest absolute Gasteiger partial charge is 0.290 e. The molecule has 7 nitrogen and oxygen atoms in total. The molecule has 0 spiro atoms. The monoisotopic (exact) mass is 365 g/mol. The molecule has 4 rings (SSSR count). The molecule has 7 heteroatoms. The Morgan fingerprint density at radius 2 is 2.07 bits per heavy atom. The summed E-state index contributed by atoms with van der Waals surface area (Å²) in [5.74, 6) is 0.942. The first kappa shape index (κ1) is 17.5. The Bertz CT molecular complexity index is 909. The predicted octanol–water partition coefficient (Wildman–Crippen LogP) is 3.27. The van der Waals surface area contributed by atoms with Gasteiger partial charge in [0.05, 0.1) is 11.9 Å².